The molecule has 1 aromatic rings. The largest absolute Gasteiger partial charge is 0.362 e. The summed E-state index contributed by atoms with van der Waals surface area (Å²) in [5.74, 6) is -0.395. The van der Waals surface area contributed by atoms with E-state index in [1.165, 1.54) is 11.6 Å². The van der Waals surface area contributed by atoms with Crippen LogP contribution in [0.25, 0.3) is 0 Å². The van der Waals surface area contributed by atoms with Crippen LogP contribution in [0.1, 0.15) is 20.3 Å². The fraction of sp³-hybridized carbons (Fsp3) is 0.273. The molecule has 76 valence electrons. The summed E-state index contributed by atoms with van der Waals surface area (Å²) < 4.78 is 12.8. The minimum atomic E-state index is -0.395. The highest BCUT2D eigenvalue weighted by molar-refractivity contribution is 6.31. The van der Waals surface area contributed by atoms with Crippen LogP contribution >= 0.6 is 11.6 Å². The maximum absolute atomic E-state index is 12.8. The van der Waals surface area contributed by atoms with Gasteiger partial charge in [-0.3, -0.25) is 0 Å². The smallest absolute Gasteiger partial charge is 0.141 e. The van der Waals surface area contributed by atoms with Crippen molar-refractivity contribution in [3.63, 3.8) is 0 Å². The van der Waals surface area contributed by atoms with Gasteiger partial charge >= 0.3 is 0 Å². The van der Waals surface area contributed by atoms with Gasteiger partial charge in [-0.15, -0.1) is 0 Å². The molecule has 1 rings (SSSR count). The van der Waals surface area contributed by atoms with Crippen molar-refractivity contribution < 1.29 is 4.39 Å². The Morgan fingerprint density at radius 1 is 1.57 bits per heavy atom. The molecule has 0 bridgehead atoms. The lowest BCUT2D eigenvalue weighted by Gasteiger charge is -2.03. The van der Waals surface area contributed by atoms with Gasteiger partial charge in [-0.2, -0.15) is 0 Å². The molecule has 3 heteroatoms. The molecule has 1 nitrogen and oxygen atoms in total. The maximum atomic E-state index is 12.8. The minimum Gasteiger partial charge on any atom is -0.362 e. The predicted molar refractivity (Wildman–Crippen MR) is 59.1 cm³/mol. The topological polar surface area (TPSA) is 12.0 Å². The SMILES string of the molecule is CC/C(C)=C\Nc1ccc(F)c(Cl)c1. The first-order valence-corrected chi connectivity index (χ1v) is 4.88. The highest BCUT2D eigenvalue weighted by atomic mass is 35.5. The average Bonchev–Trinajstić information content (AvgIpc) is 2.19. The van der Waals surface area contributed by atoms with Crippen LogP contribution in [0.5, 0.6) is 0 Å². The van der Waals surface area contributed by atoms with Crippen molar-refractivity contribution in [2.75, 3.05) is 5.32 Å². The number of rotatable bonds is 3. The van der Waals surface area contributed by atoms with E-state index in [-0.39, 0.29) is 5.02 Å². The zero-order valence-electron chi connectivity index (χ0n) is 8.27. The molecule has 0 unspecified atom stereocenters. The fourth-order valence-electron chi connectivity index (χ4n) is 0.895. The van der Waals surface area contributed by atoms with Gasteiger partial charge in [-0.1, -0.05) is 24.1 Å². The van der Waals surface area contributed by atoms with Crippen LogP contribution in [0.2, 0.25) is 5.02 Å². The lowest BCUT2D eigenvalue weighted by Crippen LogP contribution is -1.90. The number of allylic oxidation sites excluding steroid dienone is 1. The van der Waals surface area contributed by atoms with Crippen molar-refractivity contribution in [1.29, 1.82) is 0 Å². The Morgan fingerprint density at radius 2 is 2.29 bits per heavy atom. The molecular weight excluding hydrogens is 201 g/mol. The van der Waals surface area contributed by atoms with Crippen LogP contribution in [0.4, 0.5) is 10.1 Å². The Hall–Kier alpha value is -1.02. The van der Waals surface area contributed by atoms with E-state index < -0.39 is 5.82 Å². The summed E-state index contributed by atoms with van der Waals surface area (Å²) in [4.78, 5) is 0. The van der Waals surface area contributed by atoms with Crippen molar-refractivity contribution in [2.24, 2.45) is 0 Å². The van der Waals surface area contributed by atoms with E-state index in [4.69, 9.17) is 11.6 Å². The van der Waals surface area contributed by atoms with Crippen LogP contribution in [0.15, 0.2) is 30.0 Å². The van der Waals surface area contributed by atoms with E-state index in [9.17, 15) is 4.39 Å². The molecule has 0 aliphatic rings. The fourth-order valence-corrected chi connectivity index (χ4v) is 1.08. The molecule has 0 atom stereocenters. The summed E-state index contributed by atoms with van der Waals surface area (Å²) in [5, 5.41) is 3.19. The Labute approximate surface area is 88.6 Å². The molecule has 0 radical (unpaired) electrons. The first-order chi connectivity index (χ1) is 6.63. The lowest BCUT2D eigenvalue weighted by atomic mass is 10.2. The van der Waals surface area contributed by atoms with Crippen LogP contribution in [0.3, 0.4) is 0 Å². The van der Waals surface area contributed by atoms with Crippen molar-refractivity contribution in [3.8, 4) is 0 Å². The molecule has 0 saturated heterocycles. The highest BCUT2D eigenvalue weighted by Crippen LogP contribution is 2.19. The highest BCUT2D eigenvalue weighted by Gasteiger charge is 1.98. The molecule has 0 aromatic heterocycles. The second-order valence-electron chi connectivity index (χ2n) is 3.12. The third-order valence-corrected chi connectivity index (χ3v) is 2.25. The van der Waals surface area contributed by atoms with E-state index >= 15 is 0 Å². The Balaban J connectivity index is 2.73. The number of hydrogen-bond donors (Lipinski definition) is 1. The molecule has 0 aliphatic heterocycles. The molecule has 0 saturated carbocycles. The number of benzene rings is 1. The Kier molecular flexibility index (Phi) is 3.96. The minimum absolute atomic E-state index is 0.137. The van der Waals surface area contributed by atoms with Gasteiger partial charge in [0.1, 0.15) is 5.82 Å². The summed E-state index contributed by atoms with van der Waals surface area (Å²) in [6.07, 6.45) is 2.88. The first kappa shape index (κ1) is 11.1. The molecule has 0 heterocycles. The number of anilines is 1. The van der Waals surface area contributed by atoms with E-state index in [1.807, 2.05) is 13.1 Å². The predicted octanol–water partition coefficient (Wildman–Crippen LogP) is 4.20. The molecule has 0 spiro atoms. The molecule has 0 amide bonds. The number of hydrogen-bond acceptors (Lipinski definition) is 1. The van der Waals surface area contributed by atoms with Crippen molar-refractivity contribution in [3.05, 3.63) is 40.8 Å². The lowest BCUT2D eigenvalue weighted by molar-refractivity contribution is 0.628. The molecule has 1 aromatic carbocycles. The standard InChI is InChI=1S/C11H13ClFN/c1-3-8(2)7-14-9-4-5-11(13)10(12)6-9/h4-7,14H,3H2,1-2H3/b8-7-. The molecular formula is C11H13ClFN. The van der Waals surface area contributed by atoms with Crippen molar-refractivity contribution in [2.45, 2.75) is 20.3 Å². The normalized spacial score (nSPS) is 11.6. The van der Waals surface area contributed by atoms with Gasteiger partial charge in [0.25, 0.3) is 0 Å². The molecule has 14 heavy (non-hydrogen) atoms. The summed E-state index contributed by atoms with van der Waals surface area (Å²) in [6, 6.07) is 4.57. The van der Waals surface area contributed by atoms with Gasteiger partial charge in [0, 0.05) is 5.69 Å². The number of halogens is 2. The summed E-state index contributed by atoms with van der Waals surface area (Å²) in [6.45, 7) is 4.10. The van der Waals surface area contributed by atoms with Gasteiger partial charge in [-0.05, 0) is 37.7 Å². The summed E-state index contributed by atoms with van der Waals surface area (Å²) in [7, 11) is 0. The zero-order valence-corrected chi connectivity index (χ0v) is 9.03. The van der Waals surface area contributed by atoms with Gasteiger partial charge in [0.2, 0.25) is 0 Å². The van der Waals surface area contributed by atoms with Crippen LogP contribution < -0.4 is 5.32 Å². The summed E-state index contributed by atoms with van der Waals surface area (Å²) in [5.41, 5.74) is 2.02. The van der Waals surface area contributed by atoms with Crippen LogP contribution in [0, 0.1) is 5.82 Å². The third kappa shape index (κ3) is 3.04. The van der Waals surface area contributed by atoms with E-state index in [0.717, 1.165) is 12.1 Å². The van der Waals surface area contributed by atoms with Crippen LogP contribution in [-0.2, 0) is 0 Å². The van der Waals surface area contributed by atoms with E-state index in [0.29, 0.717) is 0 Å². The maximum Gasteiger partial charge on any atom is 0.141 e. The van der Waals surface area contributed by atoms with Gasteiger partial charge < -0.3 is 5.32 Å². The monoisotopic (exact) mass is 213 g/mol. The molecule has 1 N–H and O–H groups in total. The molecule has 0 aliphatic carbocycles. The zero-order chi connectivity index (χ0) is 10.6. The van der Waals surface area contributed by atoms with E-state index in [1.54, 1.807) is 12.1 Å². The molecule has 0 fully saturated rings. The van der Waals surface area contributed by atoms with Crippen molar-refractivity contribution >= 4 is 17.3 Å². The Bertz CT molecular complexity index is 347. The first-order valence-electron chi connectivity index (χ1n) is 4.50. The van der Waals surface area contributed by atoms with Gasteiger partial charge in [0.05, 0.1) is 5.02 Å². The van der Waals surface area contributed by atoms with Crippen molar-refractivity contribution in [1.82, 2.24) is 0 Å². The van der Waals surface area contributed by atoms with E-state index in [2.05, 4.69) is 12.2 Å². The van der Waals surface area contributed by atoms with Gasteiger partial charge in [0.15, 0.2) is 0 Å². The average molecular weight is 214 g/mol. The second-order valence-corrected chi connectivity index (χ2v) is 3.52. The van der Waals surface area contributed by atoms with Crippen LogP contribution in [-0.4, -0.2) is 0 Å². The number of nitrogens with one attached hydrogen (secondary N) is 1. The quantitative estimate of drug-likeness (QED) is 0.794. The third-order valence-electron chi connectivity index (χ3n) is 1.96. The summed E-state index contributed by atoms with van der Waals surface area (Å²) >= 11 is 5.63. The Morgan fingerprint density at radius 3 is 2.86 bits per heavy atom. The second kappa shape index (κ2) is 5.01. The van der Waals surface area contributed by atoms with Gasteiger partial charge in [-0.25, -0.2) is 4.39 Å².